The third kappa shape index (κ3) is 3.43. The van der Waals surface area contributed by atoms with Gasteiger partial charge in [-0.25, -0.2) is 9.99 Å². The van der Waals surface area contributed by atoms with E-state index in [1.807, 2.05) is 24.3 Å². The van der Waals surface area contributed by atoms with Gasteiger partial charge < -0.3 is 19.3 Å². The average Bonchev–Trinajstić information content (AvgIpc) is 3.30. The number of rotatable bonds is 6. The number of nitrogens with zero attached hydrogens (tertiary/aromatic N) is 3. The standard InChI is InChI=1S/C21H20N4O4S/c1-27-15-8-12(9-16(28-2)19(15)29-3)10-23-25-11-14(26)18(20(25)22)21-24-13-6-4-5-7-17(13)30-21/h4-10,22,26H,11H2,1-3H3. The van der Waals surface area contributed by atoms with Gasteiger partial charge in [0.15, 0.2) is 17.3 Å². The third-order valence-corrected chi connectivity index (χ3v) is 5.68. The average molecular weight is 424 g/mol. The van der Waals surface area contributed by atoms with Crippen molar-refractivity contribution in [3.05, 3.63) is 52.7 Å². The number of nitrogens with one attached hydrogen (secondary N) is 1. The number of hydrogen-bond acceptors (Lipinski definition) is 8. The normalized spacial score (nSPS) is 14.2. The molecule has 1 aliphatic heterocycles. The lowest BCUT2D eigenvalue weighted by atomic mass is 10.2. The molecule has 1 aliphatic rings. The number of hydrazone groups is 1. The molecule has 2 N–H and O–H groups in total. The van der Waals surface area contributed by atoms with E-state index in [0.717, 1.165) is 10.2 Å². The van der Waals surface area contributed by atoms with Gasteiger partial charge in [0, 0.05) is 5.56 Å². The highest BCUT2D eigenvalue weighted by atomic mass is 32.1. The fourth-order valence-electron chi connectivity index (χ4n) is 3.18. The second-order valence-electron chi connectivity index (χ2n) is 6.42. The molecule has 0 bridgehead atoms. The second kappa shape index (κ2) is 8.03. The topological polar surface area (TPSA) is 100 Å². The van der Waals surface area contributed by atoms with Crippen molar-refractivity contribution in [2.75, 3.05) is 27.9 Å². The number of aliphatic hydroxyl groups excluding tert-OH is 1. The molecule has 0 amide bonds. The van der Waals surface area contributed by atoms with E-state index < -0.39 is 0 Å². The van der Waals surface area contributed by atoms with E-state index in [0.29, 0.717) is 33.4 Å². The first-order valence-corrected chi connectivity index (χ1v) is 9.85. The maximum Gasteiger partial charge on any atom is 0.203 e. The molecule has 3 aromatic rings. The minimum atomic E-state index is 0.0705. The van der Waals surface area contributed by atoms with Gasteiger partial charge in [0.25, 0.3) is 0 Å². The number of benzene rings is 2. The van der Waals surface area contributed by atoms with E-state index in [4.69, 9.17) is 19.6 Å². The Morgan fingerprint density at radius 1 is 1.13 bits per heavy atom. The van der Waals surface area contributed by atoms with Crippen LogP contribution < -0.4 is 14.2 Å². The SMILES string of the molecule is COc1cc(C=NN2CC(O)=C(c3nc4ccccc4s3)C2=N)cc(OC)c1OC. The van der Waals surface area contributed by atoms with Crippen LogP contribution >= 0.6 is 11.3 Å². The summed E-state index contributed by atoms with van der Waals surface area (Å²) in [5, 5.41) is 25.3. The van der Waals surface area contributed by atoms with Crippen LogP contribution in [0.4, 0.5) is 0 Å². The Balaban J connectivity index is 1.60. The Bertz CT molecular complexity index is 1130. The fraction of sp³-hybridized carbons (Fsp3) is 0.190. The molecule has 1 aromatic heterocycles. The van der Waals surface area contributed by atoms with Gasteiger partial charge in [0.2, 0.25) is 5.75 Å². The van der Waals surface area contributed by atoms with Gasteiger partial charge in [-0.2, -0.15) is 5.10 Å². The summed E-state index contributed by atoms with van der Waals surface area (Å²) >= 11 is 1.44. The van der Waals surface area contributed by atoms with Crippen LogP contribution in [0.15, 0.2) is 47.3 Å². The highest BCUT2D eigenvalue weighted by Gasteiger charge is 2.30. The molecule has 2 aromatic carbocycles. The molecule has 154 valence electrons. The van der Waals surface area contributed by atoms with E-state index in [9.17, 15) is 5.11 Å². The molecule has 0 atom stereocenters. The lowest BCUT2D eigenvalue weighted by Crippen LogP contribution is -2.20. The number of aliphatic hydroxyl groups is 1. The summed E-state index contributed by atoms with van der Waals surface area (Å²) in [6, 6.07) is 11.2. The summed E-state index contributed by atoms with van der Waals surface area (Å²) in [7, 11) is 4.62. The molecule has 0 spiro atoms. The van der Waals surface area contributed by atoms with Crippen molar-refractivity contribution in [1.29, 1.82) is 5.41 Å². The molecule has 9 heteroatoms. The highest BCUT2D eigenvalue weighted by Crippen LogP contribution is 2.38. The zero-order valence-corrected chi connectivity index (χ0v) is 17.5. The van der Waals surface area contributed by atoms with E-state index >= 15 is 0 Å². The first-order chi connectivity index (χ1) is 14.5. The Morgan fingerprint density at radius 2 is 1.83 bits per heavy atom. The highest BCUT2D eigenvalue weighted by molar-refractivity contribution is 7.19. The molecule has 8 nitrogen and oxygen atoms in total. The molecule has 0 aliphatic carbocycles. The van der Waals surface area contributed by atoms with Crippen LogP contribution in [0, 0.1) is 5.41 Å². The van der Waals surface area contributed by atoms with E-state index in [2.05, 4.69) is 10.1 Å². The minimum Gasteiger partial charge on any atom is -0.509 e. The van der Waals surface area contributed by atoms with Crippen LogP contribution in [0.25, 0.3) is 15.8 Å². The lowest BCUT2D eigenvalue weighted by molar-refractivity contribution is 0.324. The van der Waals surface area contributed by atoms with E-state index in [1.165, 1.54) is 23.5 Å². The zero-order valence-electron chi connectivity index (χ0n) is 16.7. The van der Waals surface area contributed by atoms with Crippen molar-refractivity contribution in [1.82, 2.24) is 9.99 Å². The van der Waals surface area contributed by atoms with Gasteiger partial charge in [-0.1, -0.05) is 12.1 Å². The summed E-state index contributed by atoms with van der Waals surface area (Å²) in [4.78, 5) is 4.55. The van der Waals surface area contributed by atoms with Gasteiger partial charge in [-0.05, 0) is 24.3 Å². The lowest BCUT2D eigenvalue weighted by Gasteiger charge is -2.14. The number of aromatic nitrogens is 1. The third-order valence-electron chi connectivity index (χ3n) is 4.62. The molecular weight excluding hydrogens is 404 g/mol. The number of hydrogen-bond donors (Lipinski definition) is 2. The van der Waals surface area contributed by atoms with Gasteiger partial charge in [0.05, 0.1) is 43.3 Å². The van der Waals surface area contributed by atoms with Gasteiger partial charge in [-0.15, -0.1) is 11.3 Å². The number of ether oxygens (including phenoxy) is 3. The summed E-state index contributed by atoms with van der Waals surface area (Å²) in [5.74, 6) is 1.66. The van der Waals surface area contributed by atoms with Crippen LogP contribution in [0.2, 0.25) is 0 Å². The summed E-state index contributed by atoms with van der Waals surface area (Å²) in [5.41, 5.74) is 1.94. The number of para-hydroxylation sites is 1. The number of thiazole rings is 1. The molecule has 0 radical (unpaired) electrons. The minimum absolute atomic E-state index is 0.0705. The molecule has 30 heavy (non-hydrogen) atoms. The van der Waals surface area contributed by atoms with E-state index in [-0.39, 0.29) is 18.1 Å². The molecule has 0 fully saturated rings. The molecule has 4 rings (SSSR count). The van der Waals surface area contributed by atoms with Crippen molar-refractivity contribution < 1.29 is 19.3 Å². The first-order valence-electron chi connectivity index (χ1n) is 9.04. The van der Waals surface area contributed by atoms with Crippen molar-refractivity contribution in [2.45, 2.75) is 0 Å². The molecular formula is C21H20N4O4S. The maximum absolute atomic E-state index is 10.5. The van der Waals surface area contributed by atoms with Crippen LogP contribution in [0.5, 0.6) is 17.2 Å². The van der Waals surface area contributed by atoms with Crippen LogP contribution in [0.3, 0.4) is 0 Å². The number of amidine groups is 1. The fourth-order valence-corrected chi connectivity index (χ4v) is 4.21. The number of fused-ring (bicyclic) bond motifs is 1. The maximum atomic E-state index is 10.5. The van der Waals surface area contributed by atoms with Gasteiger partial charge in [0.1, 0.15) is 17.3 Å². The monoisotopic (exact) mass is 424 g/mol. The zero-order chi connectivity index (χ0) is 21.3. The van der Waals surface area contributed by atoms with Gasteiger partial charge in [-0.3, -0.25) is 5.41 Å². The predicted octanol–water partition coefficient (Wildman–Crippen LogP) is 3.92. The van der Waals surface area contributed by atoms with Crippen molar-refractivity contribution in [3.63, 3.8) is 0 Å². The van der Waals surface area contributed by atoms with Crippen LogP contribution in [-0.4, -0.2) is 55.0 Å². The Morgan fingerprint density at radius 3 is 2.47 bits per heavy atom. The molecule has 0 saturated heterocycles. The summed E-state index contributed by atoms with van der Waals surface area (Å²) < 4.78 is 17.0. The first kappa shape index (κ1) is 19.7. The Labute approximate surface area is 177 Å². The summed E-state index contributed by atoms with van der Waals surface area (Å²) in [6.45, 7) is 0.102. The van der Waals surface area contributed by atoms with Crippen molar-refractivity contribution in [3.8, 4) is 17.2 Å². The largest absolute Gasteiger partial charge is 0.509 e. The van der Waals surface area contributed by atoms with Crippen molar-refractivity contribution in [2.24, 2.45) is 5.10 Å². The number of methoxy groups -OCH3 is 3. The van der Waals surface area contributed by atoms with Gasteiger partial charge >= 0.3 is 0 Å². The van der Waals surface area contributed by atoms with E-state index in [1.54, 1.807) is 32.6 Å². The van der Waals surface area contributed by atoms with Crippen LogP contribution in [0.1, 0.15) is 10.6 Å². The van der Waals surface area contributed by atoms with Crippen molar-refractivity contribution >= 4 is 39.2 Å². The molecule has 0 saturated carbocycles. The smallest absolute Gasteiger partial charge is 0.203 e. The summed E-state index contributed by atoms with van der Waals surface area (Å²) in [6.07, 6.45) is 1.58. The molecule has 0 unspecified atom stereocenters. The Hall–Kier alpha value is -3.59. The predicted molar refractivity (Wildman–Crippen MR) is 117 cm³/mol. The Kier molecular flexibility index (Phi) is 5.28. The van der Waals surface area contributed by atoms with Crippen LogP contribution in [-0.2, 0) is 0 Å². The molecule has 2 heterocycles. The second-order valence-corrected chi connectivity index (χ2v) is 7.45. The quantitative estimate of drug-likeness (QED) is 0.582.